The largest absolute Gasteiger partial charge is 0.494 e. The molecule has 2 aromatic carbocycles. The Morgan fingerprint density at radius 1 is 1.22 bits per heavy atom. The molecule has 4 rings (SSSR count). The number of nitrogens with zero attached hydrogens (tertiary/aromatic N) is 1. The number of thiophene rings is 1. The summed E-state index contributed by atoms with van der Waals surface area (Å²) in [5.41, 5.74) is 8.22. The Morgan fingerprint density at radius 3 is 2.59 bits per heavy atom. The van der Waals surface area contributed by atoms with Crippen LogP contribution >= 0.6 is 11.3 Å². The first-order valence-electron chi connectivity index (χ1n) is 12.0. The van der Waals surface area contributed by atoms with Crippen LogP contribution < -0.4 is 15.8 Å². The molecule has 1 fully saturated rings. The van der Waals surface area contributed by atoms with Crippen LogP contribution in [-0.2, 0) is 16.0 Å². The summed E-state index contributed by atoms with van der Waals surface area (Å²) in [7, 11) is 1.41. The number of carbonyl (C=O) groups is 1. The van der Waals surface area contributed by atoms with Crippen molar-refractivity contribution in [3.63, 3.8) is 0 Å². The van der Waals surface area contributed by atoms with Gasteiger partial charge in [0.2, 0.25) is 6.41 Å². The van der Waals surface area contributed by atoms with E-state index in [1.165, 1.54) is 36.6 Å². The molecule has 0 radical (unpaired) electrons. The smallest absolute Gasteiger partial charge is 0.207 e. The van der Waals surface area contributed by atoms with Gasteiger partial charge in [0.05, 0.1) is 25.4 Å². The van der Waals surface area contributed by atoms with Gasteiger partial charge in [0.25, 0.3) is 0 Å². The fraction of sp³-hybridized carbons (Fsp3) is 0.357. The molecule has 6 nitrogen and oxygen atoms in total. The first-order valence-corrected chi connectivity index (χ1v) is 12.8. The molecule has 3 aromatic rings. The second-order valence-corrected chi connectivity index (χ2v) is 10.5. The van der Waals surface area contributed by atoms with Crippen LogP contribution in [0.4, 0.5) is 8.78 Å². The van der Waals surface area contributed by atoms with Gasteiger partial charge in [-0.05, 0) is 73.7 Å². The van der Waals surface area contributed by atoms with Crippen molar-refractivity contribution in [1.82, 2.24) is 5.32 Å². The van der Waals surface area contributed by atoms with Crippen LogP contribution in [0.5, 0.6) is 5.75 Å². The average molecular weight is 526 g/mol. The molecule has 3 unspecified atom stereocenters. The van der Waals surface area contributed by atoms with Gasteiger partial charge in [-0.15, -0.1) is 11.3 Å². The lowest BCUT2D eigenvalue weighted by molar-refractivity contribution is -0.109. The van der Waals surface area contributed by atoms with Crippen LogP contribution in [0.2, 0.25) is 0 Å². The summed E-state index contributed by atoms with van der Waals surface area (Å²) in [4.78, 5) is 12.6. The van der Waals surface area contributed by atoms with E-state index in [0.29, 0.717) is 43.5 Å². The van der Waals surface area contributed by atoms with Gasteiger partial charge in [0, 0.05) is 33.3 Å². The lowest BCUT2D eigenvalue weighted by Gasteiger charge is -2.32. The van der Waals surface area contributed by atoms with Crippen molar-refractivity contribution in [2.45, 2.75) is 38.3 Å². The highest BCUT2D eigenvalue weighted by atomic mass is 32.1. The molecule has 3 N–H and O–H groups in total. The summed E-state index contributed by atoms with van der Waals surface area (Å²) in [5.74, 6) is -0.956. The fourth-order valence-electron chi connectivity index (χ4n) is 4.93. The van der Waals surface area contributed by atoms with E-state index in [4.69, 9.17) is 20.5 Å². The second kappa shape index (κ2) is 11.4. The molecule has 1 aromatic heterocycles. The number of nitriles is 1. The number of halogens is 2. The molecule has 1 aliphatic rings. The van der Waals surface area contributed by atoms with Gasteiger partial charge in [-0.25, -0.2) is 8.78 Å². The number of methoxy groups -OCH3 is 1. The maximum Gasteiger partial charge on any atom is 0.207 e. The van der Waals surface area contributed by atoms with E-state index >= 15 is 0 Å². The predicted molar refractivity (Wildman–Crippen MR) is 139 cm³/mol. The number of hydrogen-bond acceptors (Lipinski definition) is 6. The van der Waals surface area contributed by atoms with Gasteiger partial charge in [-0.2, -0.15) is 5.26 Å². The van der Waals surface area contributed by atoms with Crippen LogP contribution in [0.25, 0.3) is 21.6 Å². The predicted octanol–water partition coefficient (Wildman–Crippen LogP) is 5.04. The molecule has 0 bridgehead atoms. The monoisotopic (exact) mass is 525 g/mol. The average Bonchev–Trinajstić information content (AvgIpc) is 3.45. The highest BCUT2D eigenvalue weighted by Crippen LogP contribution is 2.44. The molecule has 0 aliphatic carbocycles. The zero-order valence-electron chi connectivity index (χ0n) is 20.7. The summed E-state index contributed by atoms with van der Waals surface area (Å²) in [5, 5.41) is 11.9. The van der Waals surface area contributed by atoms with Gasteiger partial charge in [-0.1, -0.05) is 6.07 Å². The first kappa shape index (κ1) is 26.7. The lowest BCUT2D eigenvalue weighted by Crippen LogP contribution is -2.45. The van der Waals surface area contributed by atoms with Crippen LogP contribution in [0, 0.1) is 28.4 Å². The van der Waals surface area contributed by atoms with Crippen molar-refractivity contribution in [3.05, 3.63) is 64.5 Å². The number of hydrogen-bond donors (Lipinski definition) is 2. The van der Waals surface area contributed by atoms with Crippen LogP contribution in [0.15, 0.2) is 42.5 Å². The molecule has 0 spiro atoms. The van der Waals surface area contributed by atoms with Crippen LogP contribution in [-0.4, -0.2) is 38.8 Å². The quantitative estimate of drug-likeness (QED) is 0.286. The molecule has 9 heteroatoms. The Balaban J connectivity index is 1.70. The molecule has 0 saturated carbocycles. The van der Waals surface area contributed by atoms with Gasteiger partial charge in [-0.3, -0.25) is 4.79 Å². The van der Waals surface area contributed by atoms with E-state index in [9.17, 15) is 13.6 Å². The Bertz CT molecular complexity index is 1320. The van der Waals surface area contributed by atoms with Gasteiger partial charge in [0.15, 0.2) is 11.6 Å². The Hall–Kier alpha value is -3.32. The minimum atomic E-state index is -0.607. The van der Waals surface area contributed by atoms with Crippen LogP contribution in [0.3, 0.4) is 0 Å². The second-order valence-electron chi connectivity index (χ2n) is 9.34. The van der Waals surface area contributed by atoms with E-state index < -0.39 is 11.6 Å². The highest BCUT2D eigenvalue weighted by Gasteiger charge is 2.45. The van der Waals surface area contributed by atoms with Gasteiger partial charge in [0.1, 0.15) is 11.9 Å². The summed E-state index contributed by atoms with van der Waals surface area (Å²) in [6, 6.07) is 12.9. The lowest BCUT2D eigenvalue weighted by atomic mass is 9.74. The molecule has 37 heavy (non-hydrogen) atoms. The number of carbonyl (C=O) groups excluding carboxylic acids is 1. The van der Waals surface area contributed by atoms with Crippen molar-refractivity contribution in [3.8, 4) is 33.4 Å². The molecule has 1 aliphatic heterocycles. The van der Waals surface area contributed by atoms with Gasteiger partial charge >= 0.3 is 0 Å². The number of amides is 1. The Labute approximate surface area is 219 Å². The summed E-state index contributed by atoms with van der Waals surface area (Å²) >= 11 is 1.51. The minimum Gasteiger partial charge on any atom is -0.494 e. The highest BCUT2D eigenvalue weighted by molar-refractivity contribution is 7.16. The third kappa shape index (κ3) is 5.52. The zero-order chi connectivity index (χ0) is 26.6. The Kier molecular flexibility index (Phi) is 8.22. The topological polar surface area (TPSA) is 97.4 Å². The number of nitrogens with two attached hydrogens (primary N) is 1. The van der Waals surface area contributed by atoms with E-state index in [1.807, 2.05) is 19.1 Å². The number of benzene rings is 2. The summed E-state index contributed by atoms with van der Waals surface area (Å²) < 4.78 is 40.0. The number of nitrogens with one attached hydrogen (secondary N) is 1. The number of rotatable bonds is 10. The molecule has 2 heterocycles. The molecule has 1 amide bonds. The molecule has 194 valence electrons. The maximum absolute atomic E-state index is 14.6. The molecule has 3 atom stereocenters. The zero-order valence-corrected chi connectivity index (χ0v) is 21.5. The Morgan fingerprint density at radius 2 is 1.97 bits per heavy atom. The third-order valence-corrected chi connectivity index (χ3v) is 8.41. The van der Waals surface area contributed by atoms with Crippen molar-refractivity contribution in [1.29, 1.82) is 5.26 Å². The third-order valence-electron chi connectivity index (χ3n) is 7.16. The summed E-state index contributed by atoms with van der Waals surface area (Å²) in [6.45, 7) is 2.97. The van der Waals surface area contributed by atoms with Crippen molar-refractivity contribution in [2.24, 2.45) is 11.1 Å². The maximum atomic E-state index is 14.6. The number of ether oxygens (including phenoxy) is 2. The minimum absolute atomic E-state index is 0.0357. The molecular weight excluding hydrogens is 496 g/mol. The van der Waals surface area contributed by atoms with Gasteiger partial charge < -0.3 is 20.5 Å². The fourth-order valence-corrected chi connectivity index (χ4v) is 6.10. The van der Waals surface area contributed by atoms with Crippen molar-refractivity contribution in [2.75, 3.05) is 20.3 Å². The normalized spacial score (nSPS) is 21.0. The van der Waals surface area contributed by atoms with E-state index in [2.05, 4.69) is 5.32 Å². The van der Waals surface area contributed by atoms with E-state index in [1.54, 1.807) is 18.2 Å². The van der Waals surface area contributed by atoms with Crippen molar-refractivity contribution < 1.29 is 23.0 Å². The molecular formula is C28H29F2N3O3S. The SMILES string of the molecule is COc1ccc(-c2sc(CCC3(CCNC=O)COC(C)C3N)cc2-c2ccc(C#N)c(F)c2)cc1F. The van der Waals surface area contributed by atoms with Crippen molar-refractivity contribution >= 4 is 17.7 Å². The standard InChI is InChI=1S/C28H29F2N3O3S/c1-17-27(32)28(15-36-17,9-10-33-16-34)8-7-21-13-22(18-3-4-20(14-31)23(29)11-18)26(37-21)19-5-6-25(35-2)24(30)12-19/h3-6,11-13,16-17,27H,7-10,15,32H2,1-2H3,(H,33,34). The number of aryl methyl sites for hydroxylation is 1. The van der Waals surface area contributed by atoms with E-state index in [0.717, 1.165) is 21.7 Å². The van der Waals surface area contributed by atoms with Crippen LogP contribution in [0.1, 0.15) is 30.2 Å². The summed E-state index contributed by atoms with van der Waals surface area (Å²) in [6.07, 6.45) is 2.69. The molecule has 1 saturated heterocycles. The first-order chi connectivity index (χ1) is 17.8. The van der Waals surface area contributed by atoms with E-state index in [-0.39, 0.29) is 28.9 Å².